The minimum absolute atomic E-state index is 0.0414. The highest BCUT2D eigenvalue weighted by Gasteiger charge is 2.38. The maximum absolute atomic E-state index is 12.6. The molecule has 108 valence electrons. The molecule has 0 radical (unpaired) electrons. The minimum Gasteiger partial charge on any atom is -0.360 e. The molecule has 0 bridgehead atoms. The van der Waals surface area contributed by atoms with Crippen molar-refractivity contribution in [2.45, 2.75) is 50.6 Å². The van der Waals surface area contributed by atoms with E-state index in [1.807, 2.05) is 11.0 Å². The molecule has 5 nitrogen and oxygen atoms in total. The van der Waals surface area contributed by atoms with E-state index in [0.717, 1.165) is 18.8 Å². The molecule has 3 heterocycles. The van der Waals surface area contributed by atoms with Gasteiger partial charge in [-0.1, -0.05) is 5.16 Å². The van der Waals surface area contributed by atoms with E-state index in [-0.39, 0.29) is 11.9 Å². The quantitative estimate of drug-likeness (QED) is 0.826. The van der Waals surface area contributed by atoms with E-state index in [4.69, 9.17) is 4.52 Å². The van der Waals surface area contributed by atoms with Gasteiger partial charge in [0.25, 0.3) is 5.91 Å². The molecule has 5 heteroatoms. The fraction of sp³-hybridized carbons (Fsp3) is 0.733. The van der Waals surface area contributed by atoms with Gasteiger partial charge in [0, 0.05) is 37.2 Å². The Morgan fingerprint density at radius 3 is 3.00 bits per heavy atom. The Kier molecular flexibility index (Phi) is 2.84. The van der Waals surface area contributed by atoms with Gasteiger partial charge in [-0.05, 0) is 39.2 Å². The van der Waals surface area contributed by atoms with E-state index in [1.165, 1.54) is 32.2 Å². The van der Waals surface area contributed by atoms with Crippen LogP contribution >= 0.6 is 0 Å². The largest absolute Gasteiger partial charge is 0.360 e. The van der Waals surface area contributed by atoms with E-state index < -0.39 is 0 Å². The molecule has 0 N–H and O–H groups in total. The molecule has 2 unspecified atom stereocenters. The number of amides is 1. The molecule has 1 aromatic rings. The Labute approximate surface area is 118 Å². The predicted octanol–water partition coefficient (Wildman–Crippen LogP) is 1.86. The number of nitrogens with zero attached hydrogens (tertiary/aromatic N) is 3. The van der Waals surface area contributed by atoms with Crippen molar-refractivity contribution in [2.24, 2.45) is 0 Å². The van der Waals surface area contributed by atoms with Gasteiger partial charge in [0.2, 0.25) is 0 Å². The molecule has 1 amide bonds. The Morgan fingerprint density at radius 2 is 2.20 bits per heavy atom. The summed E-state index contributed by atoms with van der Waals surface area (Å²) in [5.41, 5.74) is 0.491. The zero-order valence-electron chi connectivity index (χ0n) is 11.9. The topological polar surface area (TPSA) is 49.6 Å². The van der Waals surface area contributed by atoms with Gasteiger partial charge in [-0.25, -0.2) is 0 Å². The van der Waals surface area contributed by atoms with Crippen molar-refractivity contribution in [1.29, 1.82) is 0 Å². The number of carbonyl (C=O) groups excluding carboxylic acids is 1. The first kappa shape index (κ1) is 12.4. The van der Waals surface area contributed by atoms with E-state index in [9.17, 15) is 4.79 Å². The molecule has 20 heavy (non-hydrogen) atoms. The smallest absolute Gasteiger partial charge is 0.276 e. The summed E-state index contributed by atoms with van der Waals surface area (Å²) in [6.45, 7) is 5.15. The molecule has 3 fully saturated rings. The van der Waals surface area contributed by atoms with Crippen LogP contribution in [0.3, 0.4) is 0 Å². The lowest BCUT2D eigenvalue weighted by Gasteiger charge is -2.41. The van der Waals surface area contributed by atoms with Crippen molar-refractivity contribution >= 4 is 5.91 Å². The van der Waals surface area contributed by atoms with Gasteiger partial charge in [-0.3, -0.25) is 9.69 Å². The minimum atomic E-state index is 0.0414. The second-order valence-corrected chi connectivity index (χ2v) is 6.49. The van der Waals surface area contributed by atoms with Crippen molar-refractivity contribution in [1.82, 2.24) is 15.0 Å². The highest BCUT2D eigenvalue weighted by atomic mass is 16.5. The van der Waals surface area contributed by atoms with E-state index in [1.54, 1.807) is 0 Å². The molecule has 0 spiro atoms. The van der Waals surface area contributed by atoms with E-state index in [2.05, 4.69) is 17.0 Å². The molecule has 3 aliphatic rings. The van der Waals surface area contributed by atoms with Crippen LogP contribution in [0.15, 0.2) is 10.6 Å². The summed E-state index contributed by atoms with van der Waals surface area (Å²) < 4.78 is 5.31. The Bertz CT molecular complexity index is 523. The first-order valence-corrected chi connectivity index (χ1v) is 7.74. The molecule has 2 atom stereocenters. The zero-order chi connectivity index (χ0) is 13.7. The van der Waals surface area contributed by atoms with Crippen molar-refractivity contribution < 1.29 is 9.32 Å². The number of piperazine rings is 1. The van der Waals surface area contributed by atoms with Gasteiger partial charge >= 0.3 is 0 Å². The number of aromatic nitrogens is 1. The van der Waals surface area contributed by atoms with Crippen LogP contribution < -0.4 is 0 Å². The third-order valence-electron chi connectivity index (χ3n) is 4.93. The maximum Gasteiger partial charge on any atom is 0.276 e. The first-order valence-electron chi connectivity index (χ1n) is 7.74. The van der Waals surface area contributed by atoms with Gasteiger partial charge in [0.05, 0.1) is 0 Å². The monoisotopic (exact) mass is 275 g/mol. The Balaban J connectivity index is 1.51. The van der Waals surface area contributed by atoms with Crippen LogP contribution in [0.25, 0.3) is 0 Å². The van der Waals surface area contributed by atoms with Crippen molar-refractivity contribution in [3.05, 3.63) is 17.5 Å². The Morgan fingerprint density at radius 1 is 1.35 bits per heavy atom. The van der Waals surface area contributed by atoms with Gasteiger partial charge in [-0.2, -0.15) is 0 Å². The summed E-state index contributed by atoms with van der Waals surface area (Å²) in [4.78, 5) is 17.1. The lowest BCUT2D eigenvalue weighted by atomic mass is 10.1. The van der Waals surface area contributed by atoms with E-state index >= 15 is 0 Å². The summed E-state index contributed by atoms with van der Waals surface area (Å²) in [6, 6.07) is 2.66. The average Bonchev–Trinajstić information content (AvgIpc) is 3.00. The predicted molar refractivity (Wildman–Crippen MR) is 73.6 cm³/mol. The number of carbonyl (C=O) groups is 1. The van der Waals surface area contributed by atoms with Crippen LogP contribution in [0.5, 0.6) is 0 Å². The normalized spacial score (nSPS) is 30.6. The molecule has 4 rings (SSSR count). The second kappa shape index (κ2) is 4.58. The summed E-state index contributed by atoms with van der Waals surface area (Å²) >= 11 is 0. The molecule has 1 saturated carbocycles. The highest BCUT2D eigenvalue weighted by Crippen LogP contribution is 2.40. The molecular formula is C15H21N3O2. The fourth-order valence-electron chi connectivity index (χ4n) is 3.57. The standard InChI is InChI=1S/C15H21N3O2/c1-10-8-17-6-2-3-12(17)9-18(10)15(19)13-7-14(20-16-13)11-4-5-11/h7,10-12H,2-6,8-9H2,1H3. The number of hydrogen-bond donors (Lipinski definition) is 0. The van der Waals surface area contributed by atoms with E-state index in [0.29, 0.717) is 17.7 Å². The van der Waals surface area contributed by atoms with Crippen LogP contribution in [-0.4, -0.2) is 52.6 Å². The number of rotatable bonds is 2. The molecule has 0 aromatic carbocycles. The number of hydrogen-bond acceptors (Lipinski definition) is 4. The summed E-state index contributed by atoms with van der Waals surface area (Å²) in [7, 11) is 0. The maximum atomic E-state index is 12.6. The first-order chi connectivity index (χ1) is 9.72. The molecular weight excluding hydrogens is 254 g/mol. The van der Waals surface area contributed by atoms with Gasteiger partial charge < -0.3 is 9.42 Å². The molecule has 1 aromatic heterocycles. The van der Waals surface area contributed by atoms with Crippen molar-refractivity contribution in [2.75, 3.05) is 19.6 Å². The lowest BCUT2D eigenvalue weighted by Crippen LogP contribution is -2.56. The highest BCUT2D eigenvalue weighted by molar-refractivity contribution is 5.92. The molecule has 1 aliphatic carbocycles. The Hall–Kier alpha value is -1.36. The van der Waals surface area contributed by atoms with Crippen LogP contribution in [0.1, 0.15) is 54.8 Å². The number of fused-ring (bicyclic) bond motifs is 1. The third-order valence-corrected chi connectivity index (χ3v) is 4.93. The van der Waals surface area contributed by atoms with Gasteiger partial charge in [0.1, 0.15) is 5.76 Å². The van der Waals surface area contributed by atoms with Crippen molar-refractivity contribution in [3.8, 4) is 0 Å². The summed E-state index contributed by atoms with van der Waals surface area (Å²) in [5, 5.41) is 3.99. The fourth-order valence-corrected chi connectivity index (χ4v) is 3.57. The second-order valence-electron chi connectivity index (χ2n) is 6.49. The summed E-state index contributed by atoms with van der Waals surface area (Å²) in [6.07, 6.45) is 4.80. The van der Waals surface area contributed by atoms with Gasteiger partial charge in [-0.15, -0.1) is 0 Å². The summed E-state index contributed by atoms with van der Waals surface area (Å²) in [5.74, 6) is 1.44. The lowest BCUT2D eigenvalue weighted by molar-refractivity contribution is 0.0386. The molecule has 2 aliphatic heterocycles. The third kappa shape index (κ3) is 2.04. The zero-order valence-corrected chi connectivity index (χ0v) is 11.9. The van der Waals surface area contributed by atoms with Gasteiger partial charge in [0.15, 0.2) is 5.69 Å². The molecule has 2 saturated heterocycles. The van der Waals surface area contributed by atoms with Crippen LogP contribution in [0.2, 0.25) is 0 Å². The van der Waals surface area contributed by atoms with Crippen LogP contribution in [-0.2, 0) is 0 Å². The average molecular weight is 275 g/mol. The SMILES string of the molecule is CC1CN2CCCC2CN1C(=O)c1cc(C2CC2)on1. The van der Waals surface area contributed by atoms with Crippen LogP contribution in [0.4, 0.5) is 0 Å². The van der Waals surface area contributed by atoms with Crippen molar-refractivity contribution in [3.63, 3.8) is 0 Å². The van der Waals surface area contributed by atoms with Crippen LogP contribution in [0, 0.1) is 0 Å².